The Morgan fingerprint density at radius 3 is 2.87 bits per heavy atom. The largest absolute Gasteiger partial charge is 0.0625 e. The summed E-state index contributed by atoms with van der Waals surface area (Å²) in [5.41, 5.74) is 3.83. The van der Waals surface area contributed by atoms with Crippen molar-refractivity contribution in [3.63, 3.8) is 0 Å². The monoisotopic (exact) mass is 264 g/mol. The molecule has 15 heavy (non-hydrogen) atoms. The second-order valence-corrected chi connectivity index (χ2v) is 6.43. The van der Waals surface area contributed by atoms with E-state index in [0.717, 1.165) is 11.8 Å². The minimum Gasteiger partial charge on any atom is -0.0625 e. The Balaban J connectivity index is 2.00. The fraction of sp³-hybridized carbons (Fsp3) is 0.571. The van der Waals surface area contributed by atoms with Crippen molar-refractivity contribution in [1.82, 2.24) is 0 Å². The molecule has 0 amide bonds. The highest BCUT2D eigenvalue weighted by molar-refractivity contribution is 9.10. The van der Waals surface area contributed by atoms with E-state index in [1.807, 2.05) is 0 Å². The topological polar surface area (TPSA) is 0 Å². The molecule has 2 unspecified atom stereocenters. The van der Waals surface area contributed by atoms with Crippen LogP contribution in [-0.2, 0) is 11.8 Å². The van der Waals surface area contributed by atoms with Gasteiger partial charge in [0.05, 0.1) is 0 Å². The van der Waals surface area contributed by atoms with Crippen LogP contribution in [0, 0.1) is 11.8 Å². The molecule has 2 aliphatic carbocycles. The van der Waals surface area contributed by atoms with E-state index >= 15 is 0 Å². The van der Waals surface area contributed by atoms with Gasteiger partial charge in [-0.1, -0.05) is 35.8 Å². The first kappa shape index (κ1) is 9.89. The van der Waals surface area contributed by atoms with Crippen molar-refractivity contribution in [3.8, 4) is 0 Å². The van der Waals surface area contributed by atoms with E-state index in [-0.39, 0.29) is 0 Å². The molecular formula is C14H17Br. The van der Waals surface area contributed by atoms with Crippen molar-refractivity contribution in [3.05, 3.63) is 33.8 Å². The molecule has 1 aromatic carbocycles. The van der Waals surface area contributed by atoms with E-state index in [9.17, 15) is 0 Å². The number of rotatable bonds is 1. The van der Waals surface area contributed by atoms with Gasteiger partial charge in [-0.3, -0.25) is 0 Å². The lowest BCUT2D eigenvalue weighted by atomic mass is 9.91. The van der Waals surface area contributed by atoms with Crippen LogP contribution in [0.2, 0.25) is 0 Å². The summed E-state index contributed by atoms with van der Waals surface area (Å²) in [5.74, 6) is 1.79. The maximum atomic E-state index is 3.57. The fourth-order valence-corrected chi connectivity index (χ4v) is 3.96. The van der Waals surface area contributed by atoms with Crippen molar-refractivity contribution in [2.45, 2.75) is 38.5 Å². The van der Waals surface area contributed by atoms with Crippen molar-refractivity contribution < 1.29 is 0 Å². The third-order valence-corrected chi connectivity index (χ3v) is 4.88. The Kier molecular flexibility index (Phi) is 2.04. The van der Waals surface area contributed by atoms with E-state index in [2.05, 4.69) is 48.0 Å². The van der Waals surface area contributed by atoms with Crippen molar-refractivity contribution >= 4 is 15.9 Å². The zero-order chi connectivity index (χ0) is 10.6. The summed E-state index contributed by atoms with van der Waals surface area (Å²) >= 11 is 3.57. The summed E-state index contributed by atoms with van der Waals surface area (Å²) in [7, 11) is 0. The highest BCUT2D eigenvalue weighted by Crippen LogP contribution is 2.64. The number of fused-ring (bicyclic) bond motifs is 2. The minimum absolute atomic E-state index is 0.587. The molecule has 1 saturated carbocycles. The van der Waals surface area contributed by atoms with Crippen LogP contribution in [-0.4, -0.2) is 0 Å². The predicted octanol–water partition coefficient (Wildman–Crippen LogP) is 4.31. The molecule has 0 nitrogen and oxygen atoms in total. The lowest BCUT2D eigenvalue weighted by Gasteiger charge is -2.13. The van der Waals surface area contributed by atoms with Gasteiger partial charge in [-0.25, -0.2) is 0 Å². The Bertz CT molecular complexity index is 408. The van der Waals surface area contributed by atoms with Crippen LogP contribution in [0.25, 0.3) is 0 Å². The minimum atomic E-state index is 0.587. The van der Waals surface area contributed by atoms with Gasteiger partial charge in [-0.2, -0.15) is 0 Å². The predicted molar refractivity (Wildman–Crippen MR) is 67.1 cm³/mol. The van der Waals surface area contributed by atoms with Gasteiger partial charge in [0.15, 0.2) is 0 Å². The van der Waals surface area contributed by atoms with Gasteiger partial charge in [-0.05, 0) is 59.8 Å². The molecule has 0 N–H and O–H groups in total. The molecule has 2 atom stereocenters. The van der Waals surface area contributed by atoms with Crippen molar-refractivity contribution in [1.29, 1.82) is 0 Å². The molecule has 0 bridgehead atoms. The van der Waals surface area contributed by atoms with Crippen molar-refractivity contribution in [2.24, 2.45) is 11.8 Å². The summed E-state index contributed by atoms with van der Waals surface area (Å²) in [6.07, 6.45) is 4.11. The highest BCUT2D eigenvalue weighted by Gasteiger charge is 2.58. The van der Waals surface area contributed by atoms with E-state index in [0.29, 0.717) is 5.41 Å². The molecule has 1 aromatic rings. The first-order valence-electron chi connectivity index (χ1n) is 5.92. The number of hydrogen-bond acceptors (Lipinski definition) is 0. The third kappa shape index (κ3) is 1.32. The van der Waals surface area contributed by atoms with Crippen LogP contribution >= 0.6 is 15.9 Å². The standard InChI is InChI=1S/C14H17Br/c1-9(2)13-8-14(13)6-5-10-7-11(15)3-4-12(10)14/h3-4,7,9,13H,5-6,8H2,1-2H3. The molecular weight excluding hydrogens is 248 g/mol. The Labute approximate surface area is 100 Å². The maximum absolute atomic E-state index is 3.57. The highest BCUT2D eigenvalue weighted by atomic mass is 79.9. The number of benzene rings is 1. The first-order valence-corrected chi connectivity index (χ1v) is 6.72. The smallest absolute Gasteiger partial charge is 0.0178 e. The zero-order valence-corrected chi connectivity index (χ0v) is 11.0. The molecule has 0 saturated heterocycles. The summed E-state index contributed by atoms with van der Waals surface area (Å²) in [6.45, 7) is 4.74. The molecule has 0 aliphatic heterocycles. The average Bonchev–Trinajstić information content (AvgIpc) is 2.80. The average molecular weight is 265 g/mol. The summed E-state index contributed by atoms with van der Waals surface area (Å²) in [6, 6.07) is 6.89. The van der Waals surface area contributed by atoms with E-state index in [1.54, 1.807) is 11.1 Å². The van der Waals surface area contributed by atoms with Gasteiger partial charge in [-0.15, -0.1) is 0 Å². The van der Waals surface area contributed by atoms with Gasteiger partial charge in [0.2, 0.25) is 0 Å². The van der Waals surface area contributed by atoms with Gasteiger partial charge in [0, 0.05) is 4.47 Å². The molecule has 0 radical (unpaired) electrons. The first-order chi connectivity index (χ1) is 7.13. The van der Waals surface area contributed by atoms with Crippen LogP contribution in [0.5, 0.6) is 0 Å². The van der Waals surface area contributed by atoms with E-state index in [4.69, 9.17) is 0 Å². The fourth-order valence-electron chi connectivity index (χ4n) is 3.55. The van der Waals surface area contributed by atoms with E-state index < -0.39 is 0 Å². The normalized spacial score (nSPS) is 32.4. The van der Waals surface area contributed by atoms with Gasteiger partial charge < -0.3 is 0 Å². The Hall–Kier alpha value is -0.300. The number of halogens is 1. The Morgan fingerprint density at radius 2 is 2.20 bits per heavy atom. The summed E-state index contributed by atoms with van der Waals surface area (Å²) < 4.78 is 1.24. The van der Waals surface area contributed by atoms with Gasteiger partial charge >= 0.3 is 0 Å². The van der Waals surface area contributed by atoms with Crippen LogP contribution < -0.4 is 0 Å². The quantitative estimate of drug-likeness (QED) is 0.709. The van der Waals surface area contributed by atoms with Crippen molar-refractivity contribution in [2.75, 3.05) is 0 Å². The van der Waals surface area contributed by atoms with Gasteiger partial charge in [0.1, 0.15) is 0 Å². The SMILES string of the molecule is CC(C)C1CC12CCc1cc(Br)ccc12. The molecule has 2 aliphatic rings. The Morgan fingerprint density at radius 1 is 1.40 bits per heavy atom. The lowest BCUT2D eigenvalue weighted by Crippen LogP contribution is -2.08. The lowest BCUT2D eigenvalue weighted by molar-refractivity contribution is 0.477. The van der Waals surface area contributed by atoms with Crippen LogP contribution in [0.1, 0.15) is 37.8 Å². The van der Waals surface area contributed by atoms with Crippen LogP contribution in [0.4, 0.5) is 0 Å². The summed E-state index contributed by atoms with van der Waals surface area (Å²) in [5, 5.41) is 0. The van der Waals surface area contributed by atoms with Crippen LogP contribution in [0.3, 0.4) is 0 Å². The molecule has 0 heterocycles. The molecule has 1 heteroatoms. The third-order valence-electron chi connectivity index (χ3n) is 4.38. The van der Waals surface area contributed by atoms with Crippen LogP contribution in [0.15, 0.2) is 22.7 Å². The molecule has 1 spiro atoms. The van der Waals surface area contributed by atoms with Gasteiger partial charge in [0.25, 0.3) is 0 Å². The second kappa shape index (κ2) is 3.10. The second-order valence-electron chi connectivity index (χ2n) is 5.51. The maximum Gasteiger partial charge on any atom is 0.0178 e. The number of hydrogen-bond donors (Lipinski definition) is 0. The van der Waals surface area contributed by atoms with E-state index in [1.165, 1.54) is 23.7 Å². The molecule has 80 valence electrons. The number of aryl methyl sites for hydroxylation is 1. The molecule has 3 rings (SSSR count). The zero-order valence-electron chi connectivity index (χ0n) is 9.39. The molecule has 1 fully saturated rings. The molecule has 0 aromatic heterocycles. The summed E-state index contributed by atoms with van der Waals surface area (Å²) in [4.78, 5) is 0.